The van der Waals surface area contributed by atoms with Crippen LogP contribution in [0, 0.1) is 0 Å². The maximum Gasteiger partial charge on any atom is 0.230 e. The molecule has 2 aromatic rings. The molecule has 0 spiro atoms. The number of ether oxygens (including phenoxy) is 2. The van der Waals surface area contributed by atoms with E-state index in [2.05, 4.69) is 34.3 Å². The molecule has 1 saturated heterocycles. The summed E-state index contributed by atoms with van der Waals surface area (Å²) >= 11 is 7.45. The number of carbonyl (C=O) groups is 1. The van der Waals surface area contributed by atoms with Crippen molar-refractivity contribution in [2.24, 2.45) is 7.05 Å². The fourth-order valence-corrected chi connectivity index (χ4v) is 4.03. The molecule has 1 amide bonds. The van der Waals surface area contributed by atoms with Crippen LogP contribution in [0.2, 0.25) is 5.02 Å². The van der Waals surface area contributed by atoms with E-state index in [1.54, 1.807) is 12.1 Å². The van der Waals surface area contributed by atoms with E-state index in [1.807, 2.05) is 23.7 Å². The molecule has 1 aliphatic rings. The van der Waals surface area contributed by atoms with Crippen molar-refractivity contribution in [3.05, 3.63) is 35.1 Å². The lowest BCUT2D eigenvalue weighted by Crippen LogP contribution is -2.55. The van der Waals surface area contributed by atoms with E-state index in [0.717, 1.165) is 26.3 Å². The van der Waals surface area contributed by atoms with Gasteiger partial charge in [0.2, 0.25) is 5.91 Å². The van der Waals surface area contributed by atoms with Crippen molar-refractivity contribution in [1.29, 1.82) is 0 Å². The first-order chi connectivity index (χ1) is 14.4. The third-order valence-electron chi connectivity index (χ3n) is 5.04. The van der Waals surface area contributed by atoms with Crippen molar-refractivity contribution in [1.82, 2.24) is 25.0 Å². The Morgan fingerprint density at radius 2 is 2.03 bits per heavy atom. The van der Waals surface area contributed by atoms with Crippen LogP contribution >= 0.6 is 23.4 Å². The van der Waals surface area contributed by atoms with Gasteiger partial charge < -0.3 is 19.4 Å². The Bertz CT molecular complexity index is 855. The van der Waals surface area contributed by atoms with E-state index in [1.165, 1.54) is 11.8 Å². The van der Waals surface area contributed by atoms with E-state index in [-0.39, 0.29) is 23.8 Å². The van der Waals surface area contributed by atoms with E-state index in [0.29, 0.717) is 28.3 Å². The average molecular weight is 454 g/mol. The van der Waals surface area contributed by atoms with Crippen LogP contribution in [-0.2, 0) is 23.2 Å². The summed E-state index contributed by atoms with van der Waals surface area (Å²) in [5, 5.41) is 12.6. The number of aromatic nitrogens is 3. The number of halogens is 1. The van der Waals surface area contributed by atoms with Gasteiger partial charge in [0.1, 0.15) is 12.4 Å². The van der Waals surface area contributed by atoms with Crippen molar-refractivity contribution in [3.63, 3.8) is 0 Å². The molecule has 0 unspecified atom stereocenters. The molecule has 0 bridgehead atoms. The third kappa shape index (κ3) is 6.10. The summed E-state index contributed by atoms with van der Waals surface area (Å²) in [7, 11) is 1.85. The SMILES string of the molecule is Cn1c(COc2ccccc2Cl)nnc1SCC(=O)NCC(C)(C)N1CCOCC1. The quantitative estimate of drug-likeness (QED) is 0.583. The Hall–Kier alpha value is -1.81. The number of para-hydroxylation sites is 1. The molecule has 1 aromatic carbocycles. The van der Waals surface area contributed by atoms with Gasteiger partial charge in [0.25, 0.3) is 0 Å². The largest absolute Gasteiger partial charge is 0.484 e. The minimum Gasteiger partial charge on any atom is -0.484 e. The first kappa shape index (κ1) is 22.9. The molecule has 10 heteroatoms. The highest BCUT2D eigenvalue weighted by Gasteiger charge is 2.28. The van der Waals surface area contributed by atoms with Crippen LogP contribution in [-0.4, -0.2) is 69.7 Å². The van der Waals surface area contributed by atoms with Gasteiger partial charge in [-0.1, -0.05) is 35.5 Å². The maximum absolute atomic E-state index is 12.3. The first-order valence-electron chi connectivity index (χ1n) is 9.85. The Morgan fingerprint density at radius 1 is 1.30 bits per heavy atom. The van der Waals surface area contributed by atoms with Crippen molar-refractivity contribution in [3.8, 4) is 5.75 Å². The molecule has 1 N–H and O–H groups in total. The first-order valence-corrected chi connectivity index (χ1v) is 11.2. The van der Waals surface area contributed by atoms with Crippen molar-refractivity contribution in [2.75, 3.05) is 38.6 Å². The van der Waals surface area contributed by atoms with Gasteiger partial charge in [-0.25, -0.2) is 0 Å². The zero-order chi connectivity index (χ0) is 21.6. The standard InChI is InChI=1S/C20H28ClN5O3S/c1-20(2,26-8-10-28-11-9-26)14-22-18(27)13-30-19-24-23-17(25(19)3)12-29-16-7-5-4-6-15(16)21/h4-7H,8-14H2,1-3H3,(H,22,27). The predicted octanol–water partition coefficient (Wildman–Crippen LogP) is 2.37. The molecule has 0 saturated carbocycles. The summed E-state index contributed by atoms with van der Waals surface area (Å²) in [4.78, 5) is 14.7. The number of benzene rings is 1. The Balaban J connectivity index is 1.45. The topological polar surface area (TPSA) is 81.5 Å². The lowest BCUT2D eigenvalue weighted by molar-refractivity contribution is -0.119. The highest BCUT2D eigenvalue weighted by atomic mass is 35.5. The number of rotatable bonds is 9. The highest BCUT2D eigenvalue weighted by molar-refractivity contribution is 7.99. The molecule has 0 atom stereocenters. The van der Waals surface area contributed by atoms with E-state index in [9.17, 15) is 4.79 Å². The van der Waals surface area contributed by atoms with Crippen LogP contribution in [0.1, 0.15) is 19.7 Å². The second kappa shape index (κ2) is 10.5. The number of nitrogens with zero attached hydrogens (tertiary/aromatic N) is 4. The minimum atomic E-state index is -0.113. The maximum atomic E-state index is 12.3. The van der Waals surface area contributed by atoms with Crippen molar-refractivity contribution >= 4 is 29.3 Å². The second-order valence-electron chi connectivity index (χ2n) is 7.65. The number of hydrogen-bond acceptors (Lipinski definition) is 7. The molecule has 1 aromatic heterocycles. The third-order valence-corrected chi connectivity index (χ3v) is 6.37. The van der Waals surface area contributed by atoms with E-state index >= 15 is 0 Å². The Morgan fingerprint density at radius 3 is 2.77 bits per heavy atom. The van der Waals surface area contributed by atoms with Gasteiger partial charge in [-0.15, -0.1) is 10.2 Å². The van der Waals surface area contributed by atoms with Gasteiger partial charge in [0.15, 0.2) is 11.0 Å². The summed E-state index contributed by atoms with van der Waals surface area (Å²) in [5.74, 6) is 1.50. The smallest absolute Gasteiger partial charge is 0.230 e. The number of amides is 1. The molecule has 2 heterocycles. The lowest BCUT2D eigenvalue weighted by atomic mass is 10.0. The Kier molecular flexibility index (Phi) is 7.99. The van der Waals surface area contributed by atoms with E-state index in [4.69, 9.17) is 21.1 Å². The van der Waals surface area contributed by atoms with Crippen LogP contribution in [0.15, 0.2) is 29.4 Å². The summed E-state index contributed by atoms with van der Waals surface area (Å²) in [6, 6.07) is 7.28. The number of hydrogen-bond donors (Lipinski definition) is 1. The molecule has 30 heavy (non-hydrogen) atoms. The van der Waals surface area contributed by atoms with Gasteiger partial charge in [0, 0.05) is 32.2 Å². The minimum absolute atomic E-state index is 0.0294. The molecule has 8 nitrogen and oxygen atoms in total. The normalized spacial score (nSPS) is 15.2. The number of nitrogens with one attached hydrogen (secondary N) is 1. The van der Waals surface area contributed by atoms with Crippen LogP contribution in [0.5, 0.6) is 5.75 Å². The van der Waals surface area contributed by atoms with Crippen LogP contribution in [0.25, 0.3) is 0 Å². The number of morpholine rings is 1. The average Bonchev–Trinajstić information content (AvgIpc) is 3.10. The fourth-order valence-electron chi connectivity index (χ4n) is 3.08. The van der Waals surface area contributed by atoms with Crippen LogP contribution in [0.4, 0.5) is 0 Å². The summed E-state index contributed by atoms with van der Waals surface area (Å²) in [6.07, 6.45) is 0. The van der Waals surface area contributed by atoms with E-state index < -0.39 is 0 Å². The second-order valence-corrected chi connectivity index (χ2v) is 9.00. The molecule has 164 valence electrons. The molecular weight excluding hydrogens is 426 g/mol. The van der Waals surface area contributed by atoms with Crippen LogP contribution < -0.4 is 10.1 Å². The van der Waals surface area contributed by atoms with Crippen molar-refractivity contribution < 1.29 is 14.3 Å². The zero-order valence-corrected chi connectivity index (χ0v) is 19.1. The molecule has 0 radical (unpaired) electrons. The molecule has 0 aliphatic carbocycles. The summed E-state index contributed by atoms with van der Waals surface area (Å²) in [6.45, 7) is 8.35. The summed E-state index contributed by atoms with van der Waals surface area (Å²) in [5.41, 5.74) is -0.113. The monoisotopic (exact) mass is 453 g/mol. The van der Waals surface area contributed by atoms with Crippen molar-refractivity contribution in [2.45, 2.75) is 31.1 Å². The molecular formula is C20H28ClN5O3S. The van der Waals surface area contributed by atoms with Gasteiger partial charge in [-0.05, 0) is 26.0 Å². The molecule has 1 fully saturated rings. The Labute approximate surface area is 186 Å². The lowest BCUT2D eigenvalue weighted by Gasteiger charge is -2.40. The molecule has 3 rings (SSSR count). The summed E-state index contributed by atoms with van der Waals surface area (Å²) < 4.78 is 13.0. The van der Waals surface area contributed by atoms with Gasteiger partial charge in [-0.3, -0.25) is 9.69 Å². The predicted molar refractivity (Wildman–Crippen MR) is 117 cm³/mol. The fraction of sp³-hybridized carbons (Fsp3) is 0.550. The molecule has 1 aliphatic heterocycles. The zero-order valence-electron chi connectivity index (χ0n) is 17.6. The van der Waals surface area contributed by atoms with Gasteiger partial charge in [0.05, 0.1) is 24.0 Å². The number of thioether (sulfide) groups is 1. The van der Waals surface area contributed by atoms with Crippen LogP contribution in [0.3, 0.4) is 0 Å². The highest BCUT2D eigenvalue weighted by Crippen LogP contribution is 2.24. The van der Waals surface area contributed by atoms with Gasteiger partial charge in [-0.2, -0.15) is 0 Å². The number of carbonyl (C=O) groups excluding carboxylic acids is 1. The van der Waals surface area contributed by atoms with Gasteiger partial charge >= 0.3 is 0 Å².